The minimum Gasteiger partial charge on any atom is -0.497 e. The zero-order chi connectivity index (χ0) is 27.0. The molecule has 7 heteroatoms. The molecule has 5 rings (SSSR count). The van der Waals surface area contributed by atoms with Gasteiger partial charge in [-0.3, -0.25) is 9.59 Å². The number of carbonyl (C=O) groups excluding carboxylic acids is 2. The Morgan fingerprint density at radius 1 is 0.923 bits per heavy atom. The van der Waals surface area contributed by atoms with Crippen LogP contribution in [0.4, 0.5) is 0 Å². The SMILES string of the molecule is COc1cccc(CN(C(=O)CCc2ccc3c(c2)OCO3)[C@@H](Cc2ccccc2)C(=O)NC2CCCC2)c1. The van der Waals surface area contributed by atoms with Crippen molar-refractivity contribution in [3.05, 3.63) is 89.5 Å². The van der Waals surface area contributed by atoms with Crippen LogP contribution >= 0.6 is 0 Å². The molecule has 1 aliphatic heterocycles. The number of nitrogens with zero attached hydrogens (tertiary/aromatic N) is 1. The van der Waals surface area contributed by atoms with E-state index < -0.39 is 6.04 Å². The molecule has 0 unspecified atom stereocenters. The van der Waals surface area contributed by atoms with Crippen molar-refractivity contribution >= 4 is 11.8 Å². The molecule has 2 aliphatic rings. The summed E-state index contributed by atoms with van der Waals surface area (Å²) < 4.78 is 16.4. The number of hydrogen-bond donors (Lipinski definition) is 1. The molecule has 0 radical (unpaired) electrons. The van der Waals surface area contributed by atoms with Gasteiger partial charge in [0.05, 0.1) is 7.11 Å². The minimum absolute atomic E-state index is 0.0713. The van der Waals surface area contributed by atoms with Crippen molar-refractivity contribution in [3.63, 3.8) is 0 Å². The smallest absolute Gasteiger partial charge is 0.243 e. The Hall–Kier alpha value is -4.00. The fourth-order valence-corrected chi connectivity index (χ4v) is 5.38. The predicted octanol–water partition coefficient (Wildman–Crippen LogP) is 5.06. The van der Waals surface area contributed by atoms with Gasteiger partial charge in [0.1, 0.15) is 11.8 Å². The van der Waals surface area contributed by atoms with Crippen LogP contribution < -0.4 is 19.5 Å². The van der Waals surface area contributed by atoms with Crippen LogP contribution in [0.15, 0.2) is 72.8 Å². The molecule has 0 aromatic heterocycles. The zero-order valence-electron chi connectivity index (χ0n) is 22.4. The molecular weight excluding hydrogens is 492 g/mol. The lowest BCUT2D eigenvalue weighted by Crippen LogP contribution is -2.52. The first-order valence-corrected chi connectivity index (χ1v) is 13.7. The third kappa shape index (κ3) is 6.91. The van der Waals surface area contributed by atoms with E-state index in [1.807, 2.05) is 72.8 Å². The van der Waals surface area contributed by atoms with E-state index in [0.29, 0.717) is 25.1 Å². The fourth-order valence-electron chi connectivity index (χ4n) is 5.38. The summed E-state index contributed by atoms with van der Waals surface area (Å²) in [5.41, 5.74) is 2.92. The van der Waals surface area contributed by atoms with Gasteiger partial charge >= 0.3 is 0 Å². The van der Waals surface area contributed by atoms with Crippen LogP contribution in [0.25, 0.3) is 0 Å². The van der Waals surface area contributed by atoms with Gasteiger partial charge < -0.3 is 24.4 Å². The molecule has 204 valence electrons. The summed E-state index contributed by atoms with van der Waals surface area (Å²) in [6.07, 6.45) is 5.46. The van der Waals surface area contributed by atoms with Crippen molar-refractivity contribution in [1.82, 2.24) is 10.2 Å². The number of hydrogen-bond acceptors (Lipinski definition) is 5. The van der Waals surface area contributed by atoms with Crippen molar-refractivity contribution in [2.45, 2.75) is 63.6 Å². The molecule has 1 N–H and O–H groups in total. The maximum Gasteiger partial charge on any atom is 0.243 e. The maximum atomic E-state index is 13.9. The molecule has 1 aliphatic carbocycles. The molecule has 0 saturated heterocycles. The van der Waals surface area contributed by atoms with E-state index in [4.69, 9.17) is 14.2 Å². The molecule has 0 bridgehead atoms. The molecule has 7 nitrogen and oxygen atoms in total. The van der Waals surface area contributed by atoms with Gasteiger partial charge in [0.15, 0.2) is 11.5 Å². The Kier molecular flexibility index (Phi) is 8.66. The highest BCUT2D eigenvalue weighted by molar-refractivity contribution is 5.88. The molecule has 0 spiro atoms. The van der Waals surface area contributed by atoms with Gasteiger partial charge in [0.25, 0.3) is 0 Å². The average Bonchev–Trinajstić information content (AvgIpc) is 3.66. The molecule has 1 fully saturated rings. The summed E-state index contributed by atoms with van der Waals surface area (Å²) in [5, 5.41) is 3.26. The van der Waals surface area contributed by atoms with Crippen molar-refractivity contribution in [1.29, 1.82) is 0 Å². The molecule has 1 atom stereocenters. The fraction of sp³-hybridized carbons (Fsp3) is 0.375. The average molecular weight is 529 g/mol. The van der Waals surface area contributed by atoms with Crippen molar-refractivity contribution in [2.75, 3.05) is 13.9 Å². The van der Waals surface area contributed by atoms with Crippen LogP contribution in [0.5, 0.6) is 17.2 Å². The molecule has 3 aromatic rings. The topological polar surface area (TPSA) is 77.1 Å². The quantitative estimate of drug-likeness (QED) is 0.377. The third-order valence-corrected chi connectivity index (χ3v) is 7.52. The largest absolute Gasteiger partial charge is 0.497 e. The van der Waals surface area contributed by atoms with E-state index in [0.717, 1.165) is 53.9 Å². The molecule has 1 heterocycles. The van der Waals surface area contributed by atoms with Gasteiger partial charge in [-0.25, -0.2) is 0 Å². The number of benzene rings is 3. The van der Waals surface area contributed by atoms with E-state index in [1.54, 1.807) is 12.0 Å². The van der Waals surface area contributed by atoms with Crippen molar-refractivity contribution in [2.24, 2.45) is 0 Å². The van der Waals surface area contributed by atoms with E-state index in [2.05, 4.69) is 5.32 Å². The van der Waals surface area contributed by atoms with E-state index in [1.165, 1.54) is 0 Å². The number of ether oxygens (including phenoxy) is 3. The number of carbonyl (C=O) groups is 2. The molecular formula is C32H36N2O5. The Morgan fingerprint density at radius 2 is 1.69 bits per heavy atom. The van der Waals surface area contributed by atoms with Crippen LogP contribution in [0.1, 0.15) is 48.8 Å². The van der Waals surface area contributed by atoms with Crippen LogP contribution in [0.3, 0.4) is 0 Å². The third-order valence-electron chi connectivity index (χ3n) is 7.52. The Morgan fingerprint density at radius 3 is 2.49 bits per heavy atom. The highest BCUT2D eigenvalue weighted by atomic mass is 16.7. The van der Waals surface area contributed by atoms with Crippen molar-refractivity contribution in [3.8, 4) is 17.2 Å². The Labute approximate surface area is 230 Å². The standard InChI is InChI=1S/C32H36N2O5/c1-37-27-13-7-10-25(18-27)21-34(31(35)17-15-24-14-16-29-30(20-24)39-22-38-29)28(19-23-8-3-2-4-9-23)32(36)33-26-11-5-6-12-26/h2-4,7-10,13-14,16,18,20,26,28H,5-6,11-12,15,17,19,21-22H2,1H3,(H,33,36)/t28-/m0/s1. The summed E-state index contributed by atoms with van der Waals surface area (Å²) in [6.45, 7) is 0.524. The summed E-state index contributed by atoms with van der Waals surface area (Å²) in [6, 6.07) is 22.9. The Balaban J connectivity index is 1.41. The highest BCUT2D eigenvalue weighted by Gasteiger charge is 2.32. The first-order chi connectivity index (χ1) is 19.1. The monoisotopic (exact) mass is 528 g/mol. The molecule has 3 aromatic carbocycles. The number of fused-ring (bicyclic) bond motifs is 1. The molecule has 1 saturated carbocycles. The van der Waals surface area contributed by atoms with Crippen LogP contribution in [0.2, 0.25) is 0 Å². The first kappa shape index (κ1) is 26.6. The predicted molar refractivity (Wildman–Crippen MR) is 149 cm³/mol. The lowest BCUT2D eigenvalue weighted by atomic mass is 10.0. The Bertz CT molecular complexity index is 1270. The summed E-state index contributed by atoms with van der Waals surface area (Å²) in [5.74, 6) is 1.97. The summed E-state index contributed by atoms with van der Waals surface area (Å²) in [7, 11) is 1.63. The highest BCUT2D eigenvalue weighted by Crippen LogP contribution is 2.33. The van der Waals surface area contributed by atoms with E-state index in [9.17, 15) is 9.59 Å². The van der Waals surface area contributed by atoms with Crippen LogP contribution in [-0.4, -0.2) is 42.7 Å². The summed E-state index contributed by atoms with van der Waals surface area (Å²) in [4.78, 5) is 29.5. The zero-order valence-corrected chi connectivity index (χ0v) is 22.4. The number of methoxy groups -OCH3 is 1. The van der Waals surface area contributed by atoms with Crippen molar-refractivity contribution < 1.29 is 23.8 Å². The van der Waals surface area contributed by atoms with E-state index in [-0.39, 0.29) is 31.1 Å². The lowest BCUT2D eigenvalue weighted by Gasteiger charge is -2.32. The van der Waals surface area contributed by atoms with Gasteiger partial charge in [0.2, 0.25) is 18.6 Å². The first-order valence-electron chi connectivity index (χ1n) is 13.7. The normalized spacial score (nSPS) is 15.1. The number of nitrogens with one attached hydrogen (secondary N) is 1. The molecule has 2 amide bonds. The van der Waals surface area contributed by atoms with Crippen LogP contribution in [-0.2, 0) is 29.0 Å². The second kappa shape index (κ2) is 12.7. The van der Waals surface area contributed by atoms with Gasteiger partial charge in [-0.1, -0.05) is 61.4 Å². The summed E-state index contributed by atoms with van der Waals surface area (Å²) >= 11 is 0. The molecule has 39 heavy (non-hydrogen) atoms. The van der Waals surface area contributed by atoms with Crippen LogP contribution in [0, 0.1) is 0 Å². The van der Waals surface area contributed by atoms with E-state index >= 15 is 0 Å². The lowest BCUT2D eigenvalue weighted by molar-refractivity contribution is -0.141. The maximum absolute atomic E-state index is 13.9. The number of aryl methyl sites for hydroxylation is 1. The van der Waals surface area contributed by atoms with Gasteiger partial charge in [0, 0.05) is 25.4 Å². The second-order valence-electron chi connectivity index (χ2n) is 10.3. The number of rotatable bonds is 11. The van der Waals surface area contributed by atoms with Gasteiger partial charge in [-0.15, -0.1) is 0 Å². The minimum atomic E-state index is -0.636. The van der Waals surface area contributed by atoms with Gasteiger partial charge in [-0.05, 0) is 60.2 Å². The van der Waals surface area contributed by atoms with Gasteiger partial charge in [-0.2, -0.15) is 0 Å². The second-order valence-corrected chi connectivity index (χ2v) is 10.3. The number of amides is 2.